The highest BCUT2D eigenvalue weighted by atomic mass is 16.2. The summed E-state index contributed by atoms with van der Waals surface area (Å²) in [5.74, 6) is 1.56. The Kier molecular flexibility index (Phi) is 5.61. The van der Waals surface area contributed by atoms with Crippen LogP contribution in [-0.2, 0) is 16.0 Å². The Morgan fingerprint density at radius 1 is 0.897 bits per heavy atom. The smallest absolute Gasteiger partial charge is 0.269 e. The number of hydrogen-bond acceptors (Lipinski definition) is 3. The zero-order valence-corrected chi connectivity index (χ0v) is 17.1. The molecule has 156 valence electrons. The van der Waals surface area contributed by atoms with Crippen LogP contribution in [0.2, 0.25) is 0 Å². The van der Waals surface area contributed by atoms with E-state index >= 15 is 0 Å². The van der Waals surface area contributed by atoms with E-state index in [1.807, 2.05) is 19.1 Å². The zero-order chi connectivity index (χ0) is 20.4. The van der Waals surface area contributed by atoms with Crippen molar-refractivity contribution in [3.05, 3.63) is 35.4 Å². The maximum Gasteiger partial charge on any atom is 0.269 e. The summed E-state index contributed by atoms with van der Waals surface area (Å²) in [6, 6.07) is 7.24. The predicted molar refractivity (Wildman–Crippen MR) is 110 cm³/mol. The van der Waals surface area contributed by atoms with Crippen molar-refractivity contribution in [2.75, 3.05) is 6.54 Å². The van der Waals surface area contributed by atoms with Crippen molar-refractivity contribution in [2.45, 2.75) is 58.3 Å². The quantitative estimate of drug-likeness (QED) is 0.645. The molecule has 3 amide bonds. The number of carbonyl (C=O) groups is 3. The fourth-order valence-corrected chi connectivity index (χ4v) is 6.22. The molecule has 1 aromatic rings. The fraction of sp³-hybridized carbons (Fsp3) is 0.609. The minimum atomic E-state index is -0.428. The molecule has 1 aromatic carbocycles. The topological polar surface area (TPSA) is 87.3 Å². The molecule has 3 N–H and O–H groups in total. The highest BCUT2D eigenvalue weighted by molar-refractivity contribution is 5.95. The van der Waals surface area contributed by atoms with E-state index in [9.17, 15) is 14.4 Å². The first kappa shape index (κ1) is 19.9. The fourth-order valence-electron chi connectivity index (χ4n) is 6.22. The molecule has 29 heavy (non-hydrogen) atoms. The molecule has 0 aromatic heterocycles. The van der Waals surface area contributed by atoms with Gasteiger partial charge in [-0.3, -0.25) is 25.2 Å². The van der Waals surface area contributed by atoms with Gasteiger partial charge in [-0.15, -0.1) is 0 Å². The average molecular weight is 398 g/mol. The van der Waals surface area contributed by atoms with Gasteiger partial charge < -0.3 is 5.32 Å². The molecular weight excluding hydrogens is 366 g/mol. The van der Waals surface area contributed by atoms with E-state index in [0.29, 0.717) is 12.0 Å². The molecule has 6 heteroatoms. The van der Waals surface area contributed by atoms with Crippen molar-refractivity contribution in [1.29, 1.82) is 0 Å². The van der Waals surface area contributed by atoms with E-state index < -0.39 is 5.91 Å². The highest BCUT2D eigenvalue weighted by Crippen LogP contribution is 2.61. The molecule has 4 saturated carbocycles. The third-order valence-electron chi connectivity index (χ3n) is 7.09. The molecule has 6 nitrogen and oxygen atoms in total. The number of nitrogens with one attached hydrogen (secondary N) is 3. The van der Waals surface area contributed by atoms with Gasteiger partial charge in [-0.1, -0.05) is 19.1 Å². The lowest BCUT2D eigenvalue weighted by Crippen LogP contribution is -2.49. The molecule has 0 saturated heterocycles. The Bertz CT molecular complexity index is 752. The molecule has 0 aliphatic heterocycles. The van der Waals surface area contributed by atoms with Crippen LogP contribution in [0.4, 0.5) is 0 Å². The first-order chi connectivity index (χ1) is 13.9. The third-order valence-corrected chi connectivity index (χ3v) is 7.09. The number of amides is 3. The lowest BCUT2D eigenvalue weighted by molar-refractivity contribution is -0.132. The van der Waals surface area contributed by atoms with Crippen molar-refractivity contribution in [2.24, 2.45) is 23.2 Å². The Labute approximate surface area is 172 Å². The SMILES string of the molecule is CCc1ccc(C(=O)NNC(=O)CNC(=O)CC23CC4CC(CC(C4)C2)C3)cc1. The molecule has 5 rings (SSSR count). The van der Waals surface area contributed by atoms with E-state index in [0.717, 1.165) is 29.7 Å². The van der Waals surface area contributed by atoms with Gasteiger partial charge in [0.15, 0.2) is 0 Å². The largest absolute Gasteiger partial charge is 0.347 e. The first-order valence-electron chi connectivity index (χ1n) is 10.9. The molecule has 4 aliphatic rings. The molecule has 0 radical (unpaired) electrons. The van der Waals surface area contributed by atoms with Gasteiger partial charge in [-0.25, -0.2) is 0 Å². The van der Waals surface area contributed by atoms with Gasteiger partial charge >= 0.3 is 0 Å². The number of carbonyl (C=O) groups excluding carboxylic acids is 3. The summed E-state index contributed by atoms with van der Waals surface area (Å²) in [5, 5.41) is 2.73. The van der Waals surface area contributed by atoms with Gasteiger partial charge in [0, 0.05) is 12.0 Å². The van der Waals surface area contributed by atoms with Gasteiger partial charge in [0.05, 0.1) is 6.54 Å². The van der Waals surface area contributed by atoms with Gasteiger partial charge in [0.1, 0.15) is 0 Å². The van der Waals surface area contributed by atoms with Crippen LogP contribution in [-0.4, -0.2) is 24.3 Å². The van der Waals surface area contributed by atoms with E-state index in [2.05, 4.69) is 16.2 Å². The third kappa shape index (κ3) is 4.62. The monoisotopic (exact) mass is 397 g/mol. The van der Waals surface area contributed by atoms with Crippen molar-refractivity contribution < 1.29 is 14.4 Å². The molecule has 4 bridgehead atoms. The summed E-state index contributed by atoms with van der Waals surface area (Å²) in [4.78, 5) is 36.6. The van der Waals surface area contributed by atoms with Crippen molar-refractivity contribution in [1.82, 2.24) is 16.2 Å². The summed E-state index contributed by atoms with van der Waals surface area (Å²) >= 11 is 0. The van der Waals surface area contributed by atoms with Crippen molar-refractivity contribution >= 4 is 17.7 Å². The van der Waals surface area contributed by atoms with Gasteiger partial charge in [-0.2, -0.15) is 0 Å². The molecule has 0 heterocycles. The van der Waals surface area contributed by atoms with Gasteiger partial charge in [-0.05, 0) is 85.8 Å². The van der Waals surface area contributed by atoms with Crippen LogP contribution in [0.1, 0.15) is 67.8 Å². The van der Waals surface area contributed by atoms with Crippen LogP contribution in [0.15, 0.2) is 24.3 Å². The maximum absolute atomic E-state index is 12.5. The van der Waals surface area contributed by atoms with E-state index in [1.54, 1.807) is 12.1 Å². The number of rotatable bonds is 6. The molecule has 4 fully saturated rings. The minimum Gasteiger partial charge on any atom is -0.347 e. The minimum absolute atomic E-state index is 0.0522. The Morgan fingerprint density at radius 2 is 1.48 bits per heavy atom. The zero-order valence-electron chi connectivity index (χ0n) is 17.1. The number of benzene rings is 1. The average Bonchev–Trinajstić information content (AvgIpc) is 2.69. The lowest BCUT2D eigenvalue weighted by atomic mass is 9.49. The number of hydrogen-bond donors (Lipinski definition) is 3. The van der Waals surface area contributed by atoms with Crippen LogP contribution in [0, 0.1) is 23.2 Å². The van der Waals surface area contributed by atoms with Crippen LogP contribution in [0.5, 0.6) is 0 Å². The second kappa shape index (κ2) is 8.17. The van der Waals surface area contributed by atoms with E-state index in [1.165, 1.54) is 38.5 Å². The van der Waals surface area contributed by atoms with Crippen LogP contribution >= 0.6 is 0 Å². The lowest BCUT2D eigenvalue weighted by Gasteiger charge is -2.56. The normalized spacial score (nSPS) is 29.3. The summed E-state index contributed by atoms with van der Waals surface area (Å²) < 4.78 is 0. The van der Waals surface area contributed by atoms with E-state index in [-0.39, 0.29) is 23.8 Å². The standard InChI is InChI=1S/C23H31N3O3/c1-2-15-3-5-19(6-4-15)22(29)26-25-21(28)14-24-20(27)13-23-10-16-7-17(11-23)9-18(8-16)12-23/h3-6,16-18H,2,7-14H2,1H3,(H,24,27)(H,25,28)(H,26,29). The van der Waals surface area contributed by atoms with Crippen molar-refractivity contribution in [3.63, 3.8) is 0 Å². The number of aryl methyl sites for hydroxylation is 1. The Hall–Kier alpha value is -2.37. The molecule has 4 aliphatic carbocycles. The number of hydrazine groups is 1. The summed E-state index contributed by atoms with van der Waals surface area (Å²) in [6.45, 7) is 1.92. The molecule has 0 atom stereocenters. The second-order valence-electron chi connectivity index (χ2n) is 9.42. The van der Waals surface area contributed by atoms with Crippen LogP contribution in [0.3, 0.4) is 0 Å². The summed E-state index contributed by atoms with van der Waals surface area (Å²) in [6.07, 6.45) is 9.00. The molecular formula is C23H31N3O3. The predicted octanol–water partition coefficient (Wildman–Crippen LogP) is 2.73. The molecule has 0 unspecified atom stereocenters. The van der Waals surface area contributed by atoms with Gasteiger partial charge in [0.2, 0.25) is 5.91 Å². The second-order valence-corrected chi connectivity index (χ2v) is 9.42. The summed E-state index contributed by atoms with van der Waals surface area (Å²) in [5.41, 5.74) is 6.55. The Balaban J connectivity index is 1.19. The van der Waals surface area contributed by atoms with Crippen LogP contribution in [0.25, 0.3) is 0 Å². The highest BCUT2D eigenvalue weighted by Gasteiger charge is 2.51. The Morgan fingerprint density at radius 3 is 2.03 bits per heavy atom. The van der Waals surface area contributed by atoms with Crippen LogP contribution < -0.4 is 16.2 Å². The first-order valence-corrected chi connectivity index (χ1v) is 10.9. The van der Waals surface area contributed by atoms with E-state index in [4.69, 9.17) is 0 Å². The summed E-state index contributed by atoms with van der Waals surface area (Å²) in [7, 11) is 0. The maximum atomic E-state index is 12.5. The van der Waals surface area contributed by atoms with Gasteiger partial charge in [0.25, 0.3) is 11.8 Å². The van der Waals surface area contributed by atoms with Crippen molar-refractivity contribution in [3.8, 4) is 0 Å². The molecule has 0 spiro atoms.